The molecule has 0 saturated heterocycles. The number of fused-ring (bicyclic) bond motifs is 1. The van der Waals surface area contributed by atoms with Gasteiger partial charge in [-0.25, -0.2) is 0 Å². The molecule has 1 aromatic carbocycles. The number of hydrogen-bond donors (Lipinski definition) is 1. The maximum Gasteiger partial charge on any atom is 0.417 e. The molecule has 1 fully saturated rings. The second-order valence-electron chi connectivity index (χ2n) is 4.60. The van der Waals surface area contributed by atoms with E-state index in [9.17, 15) is 13.2 Å². The Bertz CT molecular complexity index is 628. The van der Waals surface area contributed by atoms with Crippen LogP contribution >= 0.6 is 11.6 Å². The molecule has 0 unspecified atom stereocenters. The number of hydrogen-bond acceptors (Lipinski definition) is 2. The van der Waals surface area contributed by atoms with Crippen molar-refractivity contribution in [3.63, 3.8) is 0 Å². The summed E-state index contributed by atoms with van der Waals surface area (Å²) in [5.74, 6) is 0. The van der Waals surface area contributed by atoms with Crippen LogP contribution in [0.5, 0.6) is 0 Å². The van der Waals surface area contributed by atoms with Crippen LogP contribution < -0.4 is 5.73 Å². The highest BCUT2D eigenvalue weighted by Gasteiger charge is 2.46. The Labute approximate surface area is 106 Å². The van der Waals surface area contributed by atoms with E-state index < -0.39 is 17.3 Å². The average Bonchev–Trinajstić information content (AvgIpc) is 2.83. The molecule has 0 radical (unpaired) electrons. The highest BCUT2D eigenvalue weighted by Crippen LogP contribution is 2.51. The lowest BCUT2D eigenvalue weighted by atomic mass is 9.98. The fraction of sp³-hybridized carbons (Fsp3) is 0.333. The maximum atomic E-state index is 12.9. The zero-order valence-corrected chi connectivity index (χ0v) is 9.90. The van der Waals surface area contributed by atoms with Crippen LogP contribution in [0.1, 0.15) is 24.0 Å². The van der Waals surface area contributed by atoms with Crippen LogP contribution in [0.15, 0.2) is 22.8 Å². The van der Waals surface area contributed by atoms with E-state index in [1.165, 1.54) is 6.26 Å². The van der Waals surface area contributed by atoms with Crippen LogP contribution in [0.4, 0.5) is 13.2 Å². The van der Waals surface area contributed by atoms with Crippen molar-refractivity contribution in [3.8, 4) is 0 Å². The Morgan fingerprint density at radius 3 is 2.56 bits per heavy atom. The minimum Gasteiger partial charge on any atom is -0.464 e. The van der Waals surface area contributed by atoms with Gasteiger partial charge in [-0.2, -0.15) is 13.2 Å². The van der Waals surface area contributed by atoms with Gasteiger partial charge in [0.05, 0.1) is 16.8 Å². The van der Waals surface area contributed by atoms with Gasteiger partial charge in [0.25, 0.3) is 0 Å². The summed E-state index contributed by atoms with van der Waals surface area (Å²) in [4.78, 5) is 0. The minimum absolute atomic E-state index is 0.165. The van der Waals surface area contributed by atoms with E-state index in [0.29, 0.717) is 23.8 Å². The third-order valence-electron chi connectivity index (χ3n) is 3.29. The summed E-state index contributed by atoms with van der Waals surface area (Å²) < 4.78 is 43.8. The smallest absolute Gasteiger partial charge is 0.417 e. The van der Waals surface area contributed by atoms with Crippen LogP contribution in [0, 0.1) is 0 Å². The molecule has 0 atom stereocenters. The summed E-state index contributed by atoms with van der Waals surface area (Å²) in [7, 11) is 0. The van der Waals surface area contributed by atoms with Gasteiger partial charge in [0.2, 0.25) is 0 Å². The molecule has 1 saturated carbocycles. The third-order valence-corrected chi connectivity index (χ3v) is 3.68. The summed E-state index contributed by atoms with van der Waals surface area (Å²) in [6, 6.07) is 2.52. The molecule has 96 valence electrons. The van der Waals surface area contributed by atoms with Gasteiger partial charge < -0.3 is 10.2 Å². The van der Waals surface area contributed by atoms with E-state index in [1.807, 2.05) is 0 Å². The van der Waals surface area contributed by atoms with Gasteiger partial charge >= 0.3 is 6.18 Å². The normalized spacial score (nSPS) is 18.3. The zero-order valence-electron chi connectivity index (χ0n) is 9.14. The number of benzene rings is 1. The Morgan fingerprint density at radius 2 is 2.00 bits per heavy atom. The van der Waals surface area contributed by atoms with Gasteiger partial charge in [-0.15, -0.1) is 0 Å². The van der Waals surface area contributed by atoms with Crippen molar-refractivity contribution in [3.05, 3.63) is 34.5 Å². The molecule has 1 aliphatic rings. The maximum absolute atomic E-state index is 12.9. The quantitative estimate of drug-likeness (QED) is 0.853. The summed E-state index contributed by atoms with van der Waals surface area (Å²) in [5.41, 5.74) is 4.89. The largest absolute Gasteiger partial charge is 0.464 e. The van der Waals surface area contributed by atoms with Crippen molar-refractivity contribution in [1.29, 1.82) is 0 Å². The van der Waals surface area contributed by atoms with E-state index in [-0.39, 0.29) is 10.6 Å². The Hall–Kier alpha value is -1.20. The van der Waals surface area contributed by atoms with E-state index in [2.05, 4.69) is 0 Å². The number of rotatable bonds is 1. The van der Waals surface area contributed by atoms with Crippen molar-refractivity contribution in [2.24, 2.45) is 5.73 Å². The van der Waals surface area contributed by atoms with Crippen LogP contribution in [-0.2, 0) is 11.7 Å². The van der Waals surface area contributed by atoms with Crippen molar-refractivity contribution in [1.82, 2.24) is 0 Å². The van der Waals surface area contributed by atoms with Crippen LogP contribution in [0.2, 0.25) is 5.02 Å². The Kier molecular flexibility index (Phi) is 2.26. The van der Waals surface area contributed by atoms with Crippen LogP contribution in [-0.4, -0.2) is 0 Å². The molecule has 6 heteroatoms. The van der Waals surface area contributed by atoms with E-state index >= 15 is 0 Å². The second kappa shape index (κ2) is 3.42. The van der Waals surface area contributed by atoms with Crippen molar-refractivity contribution >= 4 is 22.6 Å². The number of furan rings is 1. The molecule has 0 bridgehead atoms. The van der Waals surface area contributed by atoms with Gasteiger partial charge in [0, 0.05) is 16.5 Å². The highest BCUT2D eigenvalue weighted by atomic mass is 35.5. The molecule has 0 aliphatic heterocycles. The SMILES string of the molecule is NC1(c2c(Cl)c(C(F)(F)F)cc3occc23)CC1. The van der Waals surface area contributed by atoms with E-state index in [4.69, 9.17) is 21.8 Å². The molecule has 2 N–H and O–H groups in total. The molecule has 0 amide bonds. The van der Waals surface area contributed by atoms with Crippen LogP contribution in [0.25, 0.3) is 11.0 Å². The Morgan fingerprint density at radius 1 is 1.33 bits per heavy atom. The molecule has 3 rings (SSSR count). The van der Waals surface area contributed by atoms with E-state index in [0.717, 1.165) is 6.07 Å². The van der Waals surface area contributed by atoms with Crippen LogP contribution in [0.3, 0.4) is 0 Å². The van der Waals surface area contributed by atoms with Gasteiger partial charge in [-0.1, -0.05) is 11.6 Å². The number of alkyl halides is 3. The van der Waals surface area contributed by atoms with Crippen molar-refractivity contribution in [2.45, 2.75) is 24.6 Å². The summed E-state index contributed by atoms with van der Waals surface area (Å²) in [5, 5.41) is 0.254. The van der Waals surface area contributed by atoms with Crippen molar-refractivity contribution < 1.29 is 17.6 Å². The van der Waals surface area contributed by atoms with Crippen molar-refractivity contribution in [2.75, 3.05) is 0 Å². The fourth-order valence-electron chi connectivity index (χ4n) is 2.16. The molecule has 18 heavy (non-hydrogen) atoms. The standard InChI is InChI=1S/C12H9ClF3NO/c13-10-7(12(14,15)16)5-8-6(1-4-18-8)9(10)11(17)2-3-11/h1,4-5H,2-3,17H2. The first-order valence-electron chi connectivity index (χ1n) is 5.39. The lowest BCUT2D eigenvalue weighted by Crippen LogP contribution is -2.21. The lowest BCUT2D eigenvalue weighted by Gasteiger charge is -2.17. The van der Waals surface area contributed by atoms with Gasteiger partial charge in [0.1, 0.15) is 5.58 Å². The van der Waals surface area contributed by atoms with Gasteiger partial charge in [-0.3, -0.25) is 0 Å². The molecule has 1 heterocycles. The topological polar surface area (TPSA) is 39.2 Å². The molecular weight excluding hydrogens is 267 g/mol. The highest BCUT2D eigenvalue weighted by molar-refractivity contribution is 6.33. The predicted octanol–water partition coefficient (Wildman–Crippen LogP) is 4.05. The first-order valence-corrected chi connectivity index (χ1v) is 5.77. The van der Waals surface area contributed by atoms with Gasteiger partial charge in [-0.05, 0) is 25.0 Å². The first-order chi connectivity index (χ1) is 8.33. The van der Waals surface area contributed by atoms with Gasteiger partial charge in [0.15, 0.2) is 0 Å². The van der Waals surface area contributed by atoms with E-state index in [1.54, 1.807) is 6.07 Å². The summed E-state index contributed by atoms with van der Waals surface area (Å²) >= 11 is 5.91. The predicted molar refractivity (Wildman–Crippen MR) is 61.3 cm³/mol. The number of nitrogens with two attached hydrogens (primary N) is 1. The fourth-order valence-corrected chi connectivity index (χ4v) is 2.62. The third kappa shape index (κ3) is 1.61. The summed E-state index contributed by atoms with van der Waals surface area (Å²) in [6.07, 6.45) is -1.91. The lowest BCUT2D eigenvalue weighted by molar-refractivity contribution is -0.137. The molecule has 0 spiro atoms. The monoisotopic (exact) mass is 275 g/mol. The molecule has 2 aromatic rings. The molecular formula is C12H9ClF3NO. The molecule has 2 nitrogen and oxygen atoms in total. The Balaban J connectivity index is 2.37. The molecule has 1 aromatic heterocycles. The minimum atomic E-state index is -4.52. The average molecular weight is 276 g/mol. The summed E-state index contributed by atoms with van der Waals surface area (Å²) in [6.45, 7) is 0. The first kappa shape index (κ1) is 11.9. The second-order valence-corrected chi connectivity index (χ2v) is 4.98. The number of halogens is 4. The molecule has 1 aliphatic carbocycles. The zero-order chi connectivity index (χ0) is 13.1.